The number of halogens is 2. The second-order valence-electron chi connectivity index (χ2n) is 5.42. The van der Waals surface area contributed by atoms with Gasteiger partial charge in [0.15, 0.2) is 0 Å². The quantitative estimate of drug-likeness (QED) is 0.752. The van der Waals surface area contributed by atoms with E-state index < -0.39 is 17.5 Å². The lowest BCUT2D eigenvalue weighted by Crippen LogP contribution is -2.24. The molecule has 0 bridgehead atoms. The molecule has 0 unspecified atom stereocenters. The lowest BCUT2D eigenvalue weighted by Gasteiger charge is -2.12. The van der Waals surface area contributed by atoms with E-state index in [-0.39, 0.29) is 18.1 Å². The number of aryl methyl sites for hydroxylation is 1. The highest BCUT2D eigenvalue weighted by atomic mass is 19.1. The van der Waals surface area contributed by atoms with Gasteiger partial charge in [0.05, 0.1) is 12.2 Å². The van der Waals surface area contributed by atoms with Gasteiger partial charge in [0.25, 0.3) is 5.91 Å². The molecule has 2 rings (SSSR count). The number of nitrogens with one attached hydrogen (secondary N) is 3. The van der Waals surface area contributed by atoms with E-state index in [9.17, 15) is 18.4 Å². The van der Waals surface area contributed by atoms with Gasteiger partial charge in [-0.05, 0) is 43.7 Å². The molecule has 2 aromatic carbocycles. The second-order valence-corrected chi connectivity index (χ2v) is 5.42. The van der Waals surface area contributed by atoms with Gasteiger partial charge in [-0.1, -0.05) is 6.07 Å². The van der Waals surface area contributed by atoms with Crippen molar-refractivity contribution in [3.8, 4) is 0 Å². The molecule has 3 N–H and O–H groups in total. The highest BCUT2D eigenvalue weighted by Gasteiger charge is 2.10. The minimum absolute atomic E-state index is 0.157. The molecule has 25 heavy (non-hydrogen) atoms. The minimum atomic E-state index is -0.718. The lowest BCUT2D eigenvalue weighted by atomic mass is 10.1. The van der Waals surface area contributed by atoms with Gasteiger partial charge in [0, 0.05) is 23.9 Å². The first-order chi connectivity index (χ1) is 11.9. The lowest BCUT2D eigenvalue weighted by molar-refractivity contribution is -0.114. The van der Waals surface area contributed by atoms with Gasteiger partial charge in [-0.25, -0.2) is 8.78 Å². The maximum Gasteiger partial charge on any atom is 0.251 e. The monoisotopic (exact) mass is 347 g/mol. The van der Waals surface area contributed by atoms with Crippen LogP contribution in [0.5, 0.6) is 0 Å². The van der Waals surface area contributed by atoms with Gasteiger partial charge in [0.2, 0.25) is 5.91 Å². The molecule has 0 saturated heterocycles. The molecule has 0 spiro atoms. The zero-order chi connectivity index (χ0) is 18.4. The molecular weight excluding hydrogens is 328 g/mol. The van der Waals surface area contributed by atoms with Crippen molar-refractivity contribution >= 4 is 23.2 Å². The first-order valence-corrected chi connectivity index (χ1v) is 7.78. The van der Waals surface area contributed by atoms with Crippen LogP contribution < -0.4 is 16.0 Å². The summed E-state index contributed by atoms with van der Waals surface area (Å²) < 4.78 is 26.6. The molecule has 7 heteroatoms. The summed E-state index contributed by atoms with van der Waals surface area (Å²) in [6.07, 6.45) is 0. The highest BCUT2D eigenvalue weighted by Crippen LogP contribution is 2.18. The third kappa shape index (κ3) is 5.00. The maximum absolute atomic E-state index is 13.5. The fourth-order valence-electron chi connectivity index (χ4n) is 2.18. The average molecular weight is 347 g/mol. The zero-order valence-electron chi connectivity index (χ0n) is 14.0. The summed E-state index contributed by atoms with van der Waals surface area (Å²) in [6.45, 7) is 4.00. The number of rotatable bonds is 6. The molecule has 0 aliphatic heterocycles. The second kappa shape index (κ2) is 8.23. The minimum Gasteiger partial charge on any atom is -0.376 e. The molecule has 5 nitrogen and oxygen atoms in total. The molecule has 0 atom stereocenters. The molecule has 0 radical (unpaired) electrons. The van der Waals surface area contributed by atoms with Crippen molar-refractivity contribution in [3.05, 3.63) is 59.2 Å². The summed E-state index contributed by atoms with van der Waals surface area (Å²) >= 11 is 0. The van der Waals surface area contributed by atoms with Crippen LogP contribution in [0.2, 0.25) is 0 Å². The Hall–Kier alpha value is -2.96. The Bertz CT molecular complexity index is 794. The van der Waals surface area contributed by atoms with E-state index in [4.69, 9.17) is 0 Å². The van der Waals surface area contributed by atoms with E-state index in [0.29, 0.717) is 17.8 Å². The third-order valence-corrected chi connectivity index (χ3v) is 3.48. The Labute approximate surface area is 144 Å². The number of amides is 2. The van der Waals surface area contributed by atoms with Crippen molar-refractivity contribution in [1.29, 1.82) is 0 Å². The van der Waals surface area contributed by atoms with Crippen LogP contribution in [-0.4, -0.2) is 24.9 Å². The molecule has 0 heterocycles. The fourth-order valence-corrected chi connectivity index (χ4v) is 2.18. The molecule has 2 aromatic rings. The highest BCUT2D eigenvalue weighted by molar-refractivity contribution is 5.96. The van der Waals surface area contributed by atoms with Crippen molar-refractivity contribution in [2.75, 3.05) is 23.7 Å². The summed E-state index contributed by atoms with van der Waals surface area (Å²) in [7, 11) is 0. The standard InChI is InChI=1S/C18H19F2N3O2/c1-3-21-18(25)12-5-4-11(2)15(8-12)22-10-17(24)23-16-9-13(19)6-7-14(16)20/h4-9,22H,3,10H2,1-2H3,(H,21,25)(H,23,24). The predicted octanol–water partition coefficient (Wildman–Crippen LogP) is 3.07. The Morgan fingerprint density at radius 1 is 1.04 bits per heavy atom. The molecule has 0 aliphatic rings. The van der Waals surface area contributed by atoms with E-state index in [1.807, 2.05) is 13.8 Å². The van der Waals surface area contributed by atoms with Crippen LogP contribution in [0.4, 0.5) is 20.2 Å². The van der Waals surface area contributed by atoms with Gasteiger partial charge in [0.1, 0.15) is 11.6 Å². The van der Waals surface area contributed by atoms with Crippen molar-refractivity contribution in [2.24, 2.45) is 0 Å². The predicted molar refractivity (Wildman–Crippen MR) is 92.7 cm³/mol. The Morgan fingerprint density at radius 3 is 2.52 bits per heavy atom. The average Bonchev–Trinajstić information content (AvgIpc) is 2.57. The number of hydrogen-bond donors (Lipinski definition) is 3. The summed E-state index contributed by atoms with van der Waals surface area (Å²) in [5.74, 6) is -2.11. The van der Waals surface area contributed by atoms with Crippen LogP contribution >= 0.6 is 0 Å². The fraction of sp³-hybridized carbons (Fsp3) is 0.222. The van der Waals surface area contributed by atoms with Crippen molar-refractivity contribution in [2.45, 2.75) is 13.8 Å². The summed E-state index contributed by atoms with van der Waals surface area (Å²) in [5, 5.41) is 7.89. The molecule has 2 amide bonds. The topological polar surface area (TPSA) is 70.2 Å². The normalized spacial score (nSPS) is 10.2. The van der Waals surface area contributed by atoms with Crippen LogP contribution in [0.25, 0.3) is 0 Å². The zero-order valence-corrected chi connectivity index (χ0v) is 14.0. The smallest absolute Gasteiger partial charge is 0.251 e. The van der Waals surface area contributed by atoms with Crippen molar-refractivity contribution < 1.29 is 18.4 Å². The van der Waals surface area contributed by atoms with Crippen molar-refractivity contribution in [3.63, 3.8) is 0 Å². The van der Waals surface area contributed by atoms with E-state index in [1.165, 1.54) is 0 Å². The van der Waals surface area contributed by atoms with Gasteiger partial charge in [-0.2, -0.15) is 0 Å². The van der Waals surface area contributed by atoms with Crippen LogP contribution in [0.1, 0.15) is 22.8 Å². The van der Waals surface area contributed by atoms with Crippen molar-refractivity contribution in [1.82, 2.24) is 5.32 Å². The number of carbonyl (C=O) groups excluding carboxylic acids is 2. The van der Waals surface area contributed by atoms with Gasteiger partial charge in [-0.3, -0.25) is 9.59 Å². The van der Waals surface area contributed by atoms with E-state index >= 15 is 0 Å². The Balaban J connectivity index is 2.02. The molecule has 0 aliphatic carbocycles. The van der Waals surface area contributed by atoms with Crippen LogP contribution in [0.15, 0.2) is 36.4 Å². The maximum atomic E-state index is 13.5. The number of anilines is 2. The summed E-state index contributed by atoms with van der Waals surface area (Å²) in [4.78, 5) is 23.8. The first kappa shape index (κ1) is 18.4. The molecule has 132 valence electrons. The summed E-state index contributed by atoms with van der Waals surface area (Å²) in [6, 6.07) is 7.91. The largest absolute Gasteiger partial charge is 0.376 e. The Kier molecular flexibility index (Phi) is 6.05. The van der Waals surface area contributed by atoms with Gasteiger partial charge in [-0.15, -0.1) is 0 Å². The van der Waals surface area contributed by atoms with Crippen LogP contribution in [-0.2, 0) is 4.79 Å². The van der Waals surface area contributed by atoms with Crippen LogP contribution in [0, 0.1) is 18.6 Å². The van der Waals surface area contributed by atoms with Crippen LogP contribution in [0.3, 0.4) is 0 Å². The molecule has 0 saturated carbocycles. The van der Waals surface area contributed by atoms with Gasteiger partial charge < -0.3 is 16.0 Å². The number of carbonyl (C=O) groups is 2. The SMILES string of the molecule is CCNC(=O)c1ccc(C)c(NCC(=O)Nc2cc(F)ccc2F)c1. The third-order valence-electron chi connectivity index (χ3n) is 3.48. The number of hydrogen-bond acceptors (Lipinski definition) is 3. The van der Waals surface area contributed by atoms with E-state index in [0.717, 1.165) is 23.8 Å². The van der Waals surface area contributed by atoms with E-state index in [2.05, 4.69) is 16.0 Å². The number of benzene rings is 2. The Morgan fingerprint density at radius 2 is 1.80 bits per heavy atom. The summed E-state index contributed by atoms with van der Waals surface area (Å²) in [5.41, 5.74) is 1.70. The van der Waals surface area contributed by atoms with Gasteiger partial charge >= 0.3 is 0 Å². The van der Waals surface area contributed by atoms with E-state index in [1.54, 1.807) is 18.2 Å². The molecule has 0 fully saturated rings. The molecule has 0 aromatic heterocycles. The molecular formula is C18H19F2N3O2. The first-order valence-electron chi connectivity index (χ1n) is 7.78.